The summed E-state index contributed by atoms with van der Waals surface area (Å²) in [6.45, 7) is 2.51. The number of hydrogen-bond donors (Lipinski definition) is 2. The highest BCUT2D eigenvalue weighted by Gasteiger charge is 2.11. The number of hydrogen-bond acceptors (Lipinski definition) is 4. The summed E-state index contributed by atoms with van der Waals surface area (Å²) in [6.07, 6.45) is 0. The van der Waals surface area contributed by atoms with Crippen molar-refractivity contribution in [3.05, 3.63) is 44.1 Å². The number of aromatic carboxylic acids is 1. The number of rotatable bonds is 5. The maximum absolute atomic E-state index is 10.9. The van der Waals surface area contributed by atoms with Gasteiger partial charge in [0.2, 0.25) is 0 Å². The van der Waals surface area contributed by atoms with Crippen molar-refractivity contribution in [3.63, 3.8) is 0 Å². The van der Waals surface area contributed by atoms with Crippen LogP contribution in [0.1, 0.15) is 20.1 Å². The molecule has 0 unspecified atom stereocenters. The lowest BCUT2D eigenvalue weighted by molar-refractivity contribution is 0.0702. The molecule has 0 aliphatic carbocycles. The van der Waals surface area contributed by atoms with Crippen molar-refractivity contribution < 1.29 is 14.6 Å². The number of halogens is 1. The van der Waals surface area contributed by atoms with E-state index in [1.807, 2.05) is 25.1 Å². The number of nitrogens with one attached hydrogen (secondary N) is 1. The van der Waals surface area contributed by atoms with Crippen molar-refractivity contribution >= 4 is 38.9 Å². The largest absolute Gasteiger partial charge is 0.495 e. The SMILES string of the molecule is COc1cc(NCc2cc(C(=O)O)sc2C)ccc1Br. The maximum Gasteiger partial charge on any atom is 0.345 e. The first-order valence-corrected chi connectivity index (χ1v) is 7.52. The molecule has 0 aliphatic rings. The van der Waals surface area contributed by atoms with E-state index in [1.165, 1.54) is 11.3 Å². The Morgan fingerprint density at radius 3 is 2.80 bits per heavy atom. The van der Waals surface area contributed by atoms with E-state index in [1.54, 1.807) is 13.2 Å². The van der Waals surface area contributed by atoms with Crippen LogP contribution in [0.4, 0.5) is 5.69 Å². The number of anilines is 1. The van der Waals surface area contributed by atoms with Crippen molar-refractivity contribution in [3.8, 4) is 5.75 Å². The second kappa shape index (κ2) is 6.28. The normalized spacial score (nSPS) is 10.3. The number of carboxylic acids is 1. The fourth-order valence-electron chi connectivity index (χ4n) is 1.77. The number of carboxylic acid groups (broad SMARTS) is 1. The zero-order chi connectivity index (χ0) is 14.7. The van der Waals surface area contributed by atoms with E-state index in [9.17, 15) is 4.79 Å². The van der Waals surface area contributed by atoms with Gasteiger partial charge in [-0.25, -0.2) is 4.79 Å². The Morgan fingerprint density at radius 2 is 2.20 bits per heavy atom. The van der Waals surface area contributed by atoms with E-state index in [-0.39, 0.29) is 0 Å². The Morgan fingerprint density at radius 1 is 1.45 bits per heavy atom. The van der Waals surface area contributed by atoms with Crippen molar-refractivity contribution in [2.45, 2.75) is 13.5 Å². The molecule has 0 fully saturated rings. The highest BCUT2D eigenvalue weighted by atomic mass is 79.9. The van der Waals surface area contributed by atoms with Crippen LogP contribution in [0, 0.1) is 6.92 Å². The first kappa shape index (κ1) is 14.9. The summed E-state index contributed by atoms with van der Waals surface area (Å²) in [7, 11) is 1.62. The summed E-state index contributed by atoms with van der Waals surface area (Å²) in [4.78, 5) is 12.3. The first-order valence-electron chi connectivity index (χ1n) is 5.91. The summed E-state index contributed by atoms with van der Waals surface area (Å²) in [5.41, 5.74) is 1.92. The van der Waals surface area contributed by atoms with E-state index in [2.05, 4.69) is 21.2 Å². The van der Waals surface area contributed by atoms with Crippen LogP contribution < -0.4 is 10.1 Å². The highest BCUT2D eigenvalue weighted by Crippen LogP contribution is 2.28. The van der Waals surface area contributed by atoms with Gasteiger partial charge in [0, 0.05) is 23.2 Å². The van der Waals surface area contributed by atoms with Gasteiger partial charge in [-0.1, -0.05) is 0 Å². The van der Waals surface area contributed by atoms with E-state index in [0.29, 0.717) is 11.4 Å². The van der Waals surface area contributed by atoms with Crippen LogP contribution in [0.3, 0.4) is 0 Å². The highest BCUT2D eigenvalue weighted by molar-refractivity contribution is 9.10. The van der Waals surface area contributed by atoms with E-state index >= 15 is 0 Å². The molecule has 0 spiro atoms. The molecule has 0 aliphatic heterocycles. The first-order chi connectivity index (χ1) is 9.51. The molecule has 1 aromatic carbocycles. The lowest BCUT2D eigenvalue weighted by Gasteiger charge is -2.09. The summed E-state index contributed by atoms with van der Waals surface area (Å²) >= 11 is 4.70. The van der Waals surface area contributed by atoms with Gasteiger partial charge in [0.15, 0.2) is 0 Å². The minimum absolute atomic E-state index is 0.368. The average Bonchev–Trinajstić information content (AvgIpc) is 2.79. The number of carbonyl (C=O) groups is 1. The molecule has 6 heteroatoms. The van der Waals surface area contributed by atoms with Gasteiger partial charge in [0.1, 0.15) is 10.6 Å². The molecule has 2 N–H and O–H groups in total. The molecule has 1 aromatic heterocycles. The lowest BCUT2D eigenvalue weighted by atomic mass is 10.2. The third-order valence-electron chi connectivity index (χ3n) is 2.87. The molecule has 4 nitrogen and oxygen atoms in total. The number of thiophene rings is 1. The summed E-state index contributed by atoms with van der Waals surface area (Å²) in [6, 6.07) is 7.45. The minimum atomic E-state index is -0.880. The van der Waals surface area contributed by atoms with E-state index in [0.717, 1.165) is 26.4 Å². The molecule has 0 radical (unpaired) electrons. The van der Waals surface area contributed by atoms with E-state index in [4.69, 9.17) is 9.84 Å². The van der Waals surface area contributed by atoms with Gasteiger partial charge in [-0.3, -0.25) is 0 Å². The molecule has 2 aromatic rings. The minimum Gasteiger partial charge on any atom is -0.495 e. The molecule has 20 heavy (non-hydrogen) atoms. The fraction of sp³-hybridized carbons (Fsp3) is 0.214. The van der Waals surface area contributed by atoms with Crippen molar-refractivity contribution in [2.24, 2.45) is 0 Å². The van der Waals surface area contributed by atoms with Gasteiger partial charge in [0.25, 0.3) is 0 Å². The standard InChI is InChI=1S/C14H14BrNO3S/c1-8-9(5-13(20-8)14(17)18)7-16-10-3-4-11(15)12(6-10)19-2/h3-6,16H,7H2,1-2H3,(H,17,18). The Labute approximate surface area is 129 Å². The average molecular weight is 356 g/mol. The van der Waals surface area contributed by atoms with Crippen molar-refractivity contribution in [1.29, 1.82) is 0 Å². The van der Waals surface area contributed by atoms with Gasteiger partial charge in [-0.15, -0.1) is 11.3 Å². The summed E-state index contributed by atoms with van der Waals surface area (Å²) < 4.78 is 6.13. The molecule has 0 amide bonds. The van der Waals surface area contributed by atoms with Crippen LogP contribution in [0.25, 0.3) is 0 Å². The summed E-state index contributed by atoms with van der Waals surface area (Å²) in [5, 5.41) is 12.2. The third-order valence-corrected chi connectivity index (χ3v) is 4.60. The Hall–Kier alpha value is -1.53. The van der Waals surface area contributed by atoms with E-state index < -0.39 is 5.97 Å². The molecule has 106 valence electrons. The molecule has 2 rings (SSSR count). The smallest absolute Gasteiger partial charge is 0.345 e. The van der Waals surface area contributed by atoms with Crippen LogP contribution in [0.15, 0.2) is 28.7 Å². The van der Waals surface area contributed by atoms with Crippen LogP contribution in [-0.2, 0) is 6.54 Å². The predicted octanol–water partition coefficient (Wildman–Crippen LogP) is 4.14. The summed E-state index contributed by atoms with van der Waals surface area (Å²) in [5.74, 6) is -0.127. The Bertz CT molecular complexity index is 639. The van der Waals surface area contributed by atoms with Gasteiger partial charge in [-0.05, 0) is 46.6 Å². The van der Waals surface area contributed by atoms with Crippen LogP contribution >= 0.6 is 27.3 Å². The van der Waals surface area contributed by atoms with Gasteiger partial charge >= 0.3 is 5.97 Å². The molecule has 0 bridgehead atoms. The van der Waals surface area contributed by atoms with Gasteiger partial charge < -0.3 is 15.2 Å². The fourth-order valence-corrected chi connectivity index (χ4v) is 3.06. The topological polar surface area (TPSA) is 58.6 Å². The molecular weight excluding hydrogens is 342 g/mol. The Kier molecular flexibility index (Phi) is 4.67. The molecule has 0 saturated heterocycles. The lowest BCUT2D eigenvalue weighted by Crippen LogP contribution is -2.00. The monoisotopic (exact) mass is 355 g/mol. The zero-order valence-electron chi connectivity index (χ0n) is 11.1. The molecular formula is C14H14BrNO3S. The van der Waals surface area contributed by atoms with Crippen molar-refractivity contribution in [1.82, 2.24) is 0 Å². The molecule has 0 saturated carbocycles. The zero-order valence-corrected chi connectivity index (χ0v) is 13.5. The quantitative estimate of drug-likeness (QED) is 0.846. The second-order valence-electron chi connectivity index (χ2n) is 4.20. The maximum atomic E-state index is 10.9. The molecule has 0 atom stereocenters. The Balaban J connectivity index is 2.10. The molecule has 1 heterocycles. The van der Waals surface area contributed by atoms with Crippen LogP contribution in [0.2, 0.25) is 0 Å². The van der Waals surface area contributed by atoms with Gasteiger partial charge in [-0.2, -0.15) is 0 Å². The van der Waals surface area contributed by atoms with Crippen molar-refractivity contribution in [2.75, 3.05) is 12.4 Å². The second-order valence-corrected chi connectivity index (χ2v) is 6.31. The predicted molar refractivity (Wildman–Crippen MR) is 84.0 cm³/mol. The van der Waals surface area contributed by atoms with Crippen LogP contribution in [-0.4, -0.2) is 18.2 Å². The number of benzene rings is 1. The third kappa shape index (κ3) is 3.32. The van der Waals surface area contributed by atoms with Gasteiger partial charge in [0.05, 0.1) is 11.6 Å². The van der Waals surface area contributed by atoms with Crippen LogP contribution in [0.5, 0.6) is 5.75 Å². The number of ether oxygens (including phenoxy) is 1. The number of aryl methyl sites for hydroxylation is 1. The number of methoxy groups -OCH3 is 1.